The van der Waals surface area contributed by atoms with E-state index in [1.165, 1.54) is 7.11 Å². The van der Waals surface area contributed by atoms with E-state index in [1.54, 1.807) is 48.5 Å². The van der Waals surface area contributed by atoms with E-state index in [4.69, 9.17) is 21.4 Å². The van der Waals surface area contributed by atoms with Crippen LogP contribution in [0.1, 0.15) is 11.1 Å². The van der Waals surface area contributed by atoms with Crippen molar-refractivity contribution in [2.24, 2.45) is 0 Å². The summed E-state index contributed by atoms with van der Waals surface area (Å²) in [5.74, 6) is -6.03. The summed E-state index contributed by atoms with van der Waals surface area (Å²) in [7, 11) is 1.53. The Morgan fingerprint density at radius 3 is 2.39 bits per heavy atom. The lowest BCUT2D eigenvalue weighted by Gasteiger charge is -2.28. The number of rotatable bonds is 9. The number of carboxylic acid groups (broad SMARTS) is 1. The van der Waals surface area contributed by atoms with Crippen LogP contribution in [0, 0.1) is 0 Å². The summed E-state index contributed by atoms with van der Waals surface area (Å²) in [6.45, 7) is 0.155. The van der Waals surface area contributed by atoms with Crippen LogP contribution in [0.5, 0.6) is 5.75 Å². The number of carboxylic acids is 1. The highest BCUT2D eigenvalue weighted by Gasteiger charge is 2.50. The van der Waals surface area contributed by atoms with E-state index in [0.29, 0.717) is 16.3 Å². The van der Waals surface area contributed by atoms with E-state index >= 15 is 0 Å². The third-order valence-corrected chi connectivity index (χ3v) is 4.34. The molecule has 0 radical (unpaired) electrons. The van der Waals surface area contributed by atoms with Gasteiger partial charge in [0.15, 0.2) is 0 Å². The standard InChI is InChI=1S/C19H20ClF2NO4.ClH/c1-27-15-7-5-12(6-8-15)11-23-16(17(24)19(21,22)18(25)26)10-13-3-2-4-14(20)9-13;/h2-9,16-17,23-24H,10-11H2,1H3,(H,25,26);1H/t16-,17?;/m0./s1. The highest BCUT2D eigenvalue weighted by molar-refractivity contribution is 6.30. The van der Waals surface area contributed by atoms with Gasteiger partial charge in [0.1, 0.15) is 11.9 Å². The first kappa shape index (κ1) is 24.1. The average molecular weight is 436 g/mol. The normalized spacial score (nSPS) is 13.3. The van der Waals surface area contributed by atoms with Crippen LogP contribution in [0.25, 0.3) is 0 Å². The van der Waals surface area contributed by atoms with Crippen molar-refractivity contribution in [3.8, 4) is 5.75 Å². The molecule has 0 bridgehead atoms. The van der Waals surface area contributed by atoms with Crippen molar-refractivity contribution >= 4 is 30.0 Å². The molecular formula is C19H21Cl2F2NO4. The predicted octanol–water partition coefficient (Wildman–Crippen LogP) is 3.55. The number of carbonyl (C=O) groups is 1. The Kier molecular flexibility index (Phi) is 9.10. The molecule has 154 valence electrons. The van der Waals surface area contributed by atoms with E-state index < -0.39 is 24.0 Å². The molecule has 0 spiro atoms. The highest BCUT2D eigenvalue weighted by atomic mass is 35.5. The SMILES string of the molecule is COc1ccc(CN[C@@H](Cc2cccc(Cl)c2)C(O)C(F)(F)C(=O)O)cc1.Cl. The zero-order valence-electron chi connectivity index (χ0n) is 14.9. The molecule has 2 atom stereocenters. The molecule has 2 aromatic rings. The molecule has 9 heteroatoms. The lowest BCUT2D eigenvalue weighted by atomic mass is 9.96. The lowest BCUT2D eigenvalue weighted by Crippen LogP contribution is -2.54. The smallest absolute Gasteiger partial charge is 0.377 e. The molecule has 0 aliphatic heterocycles. The number of benzene rings is 2. The van der Waals surface area contributed by atoms with Gasteiger partial charge in [0.2, 0.25) is 0 Å². The van der Waals surface area contributed by atoms with Crippen LogP contribution in [0.3, 0.4) is 0 Å². The Morgan fingerprint density at radius 2 is 1.86 bits per heavy atom. The Morgan fingerprint density at radius 1 is 1.21 bits per heavy atom. The molecule has 28 heavy (non-hydrogen) atoms. The van der Waals surface area contributed by atoms with Crippen molar-refractivity contribution in [3.05, 3.63) is 64.7 Å². The number of halogens is 4. The minimum atomic E-state index is -4.30. The van der Waals surface area contributed by atoms with E-state index in [-0.39, 0.29) is 25.4 Å². The minimum absolute atomic E-state index is 0. The van der Waals surface area contributed by atoms with Crippen LogP contribution in [-0.2, 0) is 17.8 Å². The molecule has 0 saturated carbocycles. The Labute approximate surface area is 172 Å². The van der Waals surface area contributed by atoms with Crippen LogP contribution >= 0.6 is 24.0 Å². The minimum Gasteiger partial charge on any atom is -0.497 e. The van der Waals surface area contributed by atoms with Gasteiger partial charge in [0, 0.05) is 17.6 Å². The van der Waals surface area contributed by atoms with Gasteiger partial charge in [-0.1, -0.05) is 35.9 Å². The van der Waals surface area contributed by atoms with Gasteiger partial charge in [0.25, 0.3) is 0 Å². The number of aliphatic carboxylic acids is 1. The topological polar surface area (TPSA) is 78.8 Å². The average Bonchev–Trinajstić information content (AvgIpc) is 2.64. The number of methoxy groups -OCH3 is 1. The quantitative estimate of drug-likeness (QED) is 0.561. The van der Waals surface area contributed by atoms with Crippen molar-refractivity contribution in [1.29, 1.82) is 0 Å². The molecule has 0 amide bonds. The number of alkyl halides is 2. The molecule has 2 rings (SSSR count). The van der Waals surface area contributed by atoms with Gasteiger partial charge in [-0.25, -0.2) is 4.79 Å². The Hall–Kier alpha value is -1.93. The molecule has 0 saturated heterocycles. The van der Waals surface area contributed by atoms with E-state index in [0.717, 1.165) is 5.56 Å². The number of hydrogen-bond acceptors (Lipinski definition) is 4. The number of nitrogens with one attached hydrogen (secondary N) is 1. The summed E-state index contributed by atoms with van der Waals surface area (Å²) in [5, 5.41) is 22.0. The fourth-order valence-electron chi connectivity index (χ4n) is 2.58. The first-order valence-corrected chi connectivity index (χ1v) is 8.52. The third kappa shape index (κ3) is 6.31. The van der Waals surface area contributed by atoms with Crippen molar-refractivity contribution in [3.63, 3.8) is 0 Å². The van der Waals surface area contributed by atoms with Gasteiger partial charge in [-0.15, -0.1) is 12.4 Å². The number of hydrogen-bond donors (Lipinski definition) is 3. The van der Waals surface area contributed by atoms with Crippen LogP contribution in [-0.4, -0.2) is 41.4 Å². The summed E-state index contributed by atoms with van der Waals surface area (Å²) in [4.78, 5) is 10.8. The Balaban J connectivity index is 0.00000392. The lowest BCUT2D eigenvalue weighted by molar-refractivity contribution is -0.185. The summed E-state index contributed by atoms with van der Waals surface area (Å²) >= 11 is 5.91. The first-order valence-electron chi connectivity index (χ1n) is 8.14. The maximum atomic E-state index is 13.9. The maximum absolute atomic E-state index is 13.9. The number of ether oxygens (including phenoxy) is 1. The van der Waals surface area contributed by atoms with Crippen LogP contribution in [0.15, 0.2) is 48.5 Å². The fourth-order valence-corrected chi connectivity index (χ4v) is 2.80. The van der Waals surface area contributed by atoms with E-state index in [9.17, 15) is 18.7 Å². The number of aliphatic hydroxyl groups excluding tert-OH is 1. The summed E-state index contributed by atoms with van der Waals surface area (Å²) < 4.78 is 32.8. The zero-order valence-corrected chi connectivity index (χ0v) is 16.5. The second-order valence-corrected chi connectivity index (χ2v) is 6.48. The van der Waals surface area contributed by atoms with Gasteiger partial charge >= 0.3 is 11.9 Å². The van der Waals surface area contributed by atoms with Crippen molar-refractivity contribution in [1.82, 2.24) is 5.32 Å². The summed E-state index contributed by atoms with van der Waals surface area (Å²) in [6, 6.07) is 12.2. The van der Waals surface area contributed by atoms with Crippen molar-refractivity contribution in [2.75, 3.05) is 7.11 Å². The fraction of sp³-hybridized carbons (Fsp3) is 0.316. The molecule has 0 aliphatic rings. The number of aliphatic hydroxyl groups is 1. The maximum Gasteiger partial charge on any atom is 0.377 e. The molecule has 0 aliphatic carbocycles. The molecule has 1 unspecified atom stereocenters. The summed E-state index contributed by atoms with van der Waals surface area (Å²) in [5.41, 5.74) is 1.35. The van der Waals surface area contributed by atoms with Crippen LogP contribution in [0.2, 0.25) is 5.02 Å². The van der Waals surface area contributed by atoms with Gasteiger partial charge in [0.05, 0.1) is 7.11 Å². The molecule has 3 N–H and O–H groups in total. The molecule has 0 aromatic heterocycles. The highest BCUT2D eigenvalue weighted by Crippen LogP contribution is 2.24. The molecular weight excluding hydrogens is 415 g/mol. The predicted molar refractivity (Wildman–Crippen MR) is 105 cm³/mol. The third-order valence-electron chi connectivity index (χ3n) is 4.11. The van der Waals surface area contributed by atoms with E-state index in [1.807, 2.05) is 0 Å². The molecule has 5 nitrogen and oxygen atoms in total. The van der Waals surface area contributed by atoms with E-state index in [2.05, 4.69) is 5.32 Å². The van der Waals surface area contributed by atoms with Gasteiger partial charge in [-0.05, 0) is 41.8 Å². The monoisotopic (exact) mass is 435 g/mol. The second kappa shape index (κ2) is 10.6. The first-order chi connectivity index (χ1) is 12.7. The van der Waals surface area contributed by atoms with Crippen molar-refractivity contribution < 1.29 is 28.5 Å². The molecule has 2 aromatic carbocycles. The van der Waals surface area contributed by atoms with Gasteiger partial charge in [-0.2, -0.15) is 8.78 Å². The van der Waals surface area contributed by atoms with Gasteiger partial charge < -0.3 is 20.3 Å². The Bertz CT molecular complexity index is 775. The molecule has 0 heterocycles. The van der Waals surface area contributed by atoms with Crippen LogP contribution in [0.4, 0.5) is 8.78 Å². The zero-order chi connectivity index (χ0) is 20.0. The van der Waals surface area contributed by atoms with Gasteiger partial charge in [-0.3, -0.25) is 0 Å². The molecule has 0 fully saturated rings. The van der Waals surface area contributed by atoms with Crippen LogP contribution < -0.4 is 10.1 Å². The largest absolute Gasteiger partial charge is 0.497 e. The van der Waals surface area contributed by atoms with Crippen molar-refractivity contribution in [2.45, 2.75) is 31.0 Å². The second-order valence-electron chi connectivity index (χ2n) is 6.04. The summed E-state index contributed by atoms with van der Waals surface area (Å²) in [6.07, 6.45) is -2.45.